The third-order valence-electron chi connectivity index (χ3n) is 3.46. The predicted molar refractivity (Wildman–Crippen MR) is 88.7 cm³/mol. The molecule has 0 atom stereocenters. The van der Waals surface area contributed by atoms with Gasteiger partial charge in [-0.2, -0.15) is 0 Å². The van der Waals surface area contributed by atoms with E-state index in [4.69, 9.17) is 0 Å². The van der Waals surface area contributed by atoms with E-state index in [1.165, 1.54) is 12.1 Å². The number of aryl methyl sites for hydroxylation is 2. The Bertz CT molecular complexity index is 791. The van der Waals surface area contributed by atoms with Gasteiger partial charge in [0.05, 0.1) is 4.90 Å². The van der Waals surface area contributed by atoms with Gasteiger partial charge >= 0.3 is 0 Å². The van der Waals surface area contributed by atoms with Gasteiger partial charge in [0.2, 0.25) is 10.0 Å². The Labute approximate surface area is 138 Å². The van der Waals surface area contributed by atoms with E-state index in [9.17, 15) is 12.8 Å². The summed E-state index contributed by atoms with van der Waals surface area (Å²) >= 11 is 3.34. The Morgan fingerprint density at radius 3 is 2.55 bits per heavy atom. The molecule has 2 rings (SSSR count). The summed E-state index contributed by atoms with van der Waals surface area (Å²) in [4.78, 5) is 0.257. The van der Waals surface area contributed by atoms with Gasteiger partial charge in [-0.15, -0.1) is 0 Å². The summed E-state index contributed by atoms with van der Waals surface area (Å²) < 4.78 is 41.6. The van der Waals surface area contributed by atoms with E-state index in [2.05, 4.69) is 20.7 Å². The summed E-state index contributed by atoms with van der Waals surface area (Å²) in [6.07, 6.45) is 0.606. The molecule has 0 saturated heterocycles. The standard InChI is InChI=1S/C16H17BrFNO2S/c1-3-12-8-14(17)5-7-16(12)22(20,21)19-10-13-9-15(18)6-4-11(13)2/h4-9,19H,3,10H2,1-2H3. The molecule has 3 nitrogen and oxygen atoms in total. The van der Waals surface area contributed by atoms with Gasteiger partial charge in [0.25, 0.3) is 0 Å². The first-order valence-electron chi connectivity index (χ1n) is 6.86. The van der Waals surface area contributed by atoms with E-state index in [-0.39, 0.29) is 17.3 Å². The highest BCUT2D eigenvalue weighted by molar-refractivity contribution is 9.10. The van der Waals surface area contributed by atoms with Crippen LogP contribution in [0.3, 0.4) is 0 Å². The number of rotatable bonds is 5. The Morgan fingerprint density at radius 2 is 1.86 bits per heavy atom. The molecule has 0 saturated carbocycles. The van der Waals surface area contributed by atoms with Gasteiger partial charge in [-0.25, -0.2) is 17.5 Å². The molecule has 0 radical (unpaired) electrons. The number of nitrogens with one attached hydrogen (secondary N) is 1. The molecule has 0 aliphatic carbocycles. The Morgan fingerprint density at radius 1 is 1.14 bits per heavy atom. The van der Waals surface area contributed by atoms with Crippen LogP contribution in [0.1, 0.15) is 23.6 Å². The molecule has 0 aliphatic heterocycles. The van der Waals surface area contributed by atoms with Crippen molar-refractivity contribution in [1.82, 2.24) is 4.72 Å². The van der Waals surface area contributed by atoms with Gasteiger partial charge in [-0.3, -0.25) is 0 Å². The van der Waals surface area contributed by atoms with Gasteiger partial charge in [0, 0.05) is 11.0 Å². The van der Waals surface area contributed by atoms with Crippen molar-refractivity contribution in [1.29, 1.82) is 0 Å². The number of halogens is 2. The SMILES string of the molecule is CCc1cc(Br)ccc1S(=O)(=O)NCc1cc(F)ccc1C. The fraction of sp³-hybridized carbons (Fsp3) is 0.250. The Hall–Kier alpha value is -1.24. The minimum absolute atomic E-state index is 0.0607. The number of sulfonamides is 1. The molecule has 0 amide bonds. The maximum Gasteiger partial charge on any atom is 0.241 e. The van der Waals surface area contributed by atoms with Crippen molar-refractivity contribution in [3.8, 4) is 0 Å². The summed E-state index contributed by atoms with van der Waals surface area (Å²) in [6.45, 7) is 3.78. The van der Waals surface area contributed by atoms with E-state index in [1.807, 2.05) is 13.8 Å². The van der Waals surface area contributed by atoms with Gasteiger partial charge in [-0.05, 0) is 60.4 Å². The van der Waals surface area contributed by atoms with Crippen LogP contribution in [0.15, 0.2) is 45.8 Å². The summed E-state index contributed by atoms with van der Waals surface area (Å²) in [5.41, 5.74) is 2.20. The van der Waals surface area contributed by atoms with Crippen molar-refractivity contribution in [2.24, 2.45) is 0 Å². The zero-order valence-electron chi connectivity index (χ0n) is 12.4. The molecule has 22 heavy (non-hydrogen) atoms. The zero-order valence-corrected chi connectivity index (χ0v) is 14.8. The lowest BCUT2D eigenvalue weighted by Crippen LogP contribution is -2.24. The average Bonchev–Trinajstić information content (AvgIpc) is 2.47. The molecule has 6 heteroatoms. The molecular weight excluding hydrogens is 369 g/mol. The van der Waals surface area contributed by atoms with Crippen LogP contribution < -0.4 is 4.72 Å². The molecule has 2 aromatic rings. The molecule has 0 unspecified atom stereocenters. The van der Waals surface area contributed by atoms with Crippen molar-refractivity contribution in [2.75, 3.05) is 0 Å². The van der Waals surface area contributed by atoms with E-state index >= 15 is 0 Å². The van der Waals surface area contributed by atoms with E-state index in [0.717, 1.165) is 15.6 Å². The third kappa shape index (κ3) is 3.94. The Kier molecular flexibility index (Phi) is 5.36. The lowest BCUT2D eigenvalue weighted by Gasteiger charge is -2.12. The second-order valence-corrected chi connectivity index (χ2v) is 7.65. The van der Waals surface area contributed by atoms with Crippen molar-refractivity contribution in [3.63, 3.8) is 0 Å². The predicted octanol–water partition coefficient (Wildman–Crippen LogP) is 3.94. The van der Waals surface area contributed by atoms with Crippen molar-refractivity contribution in [2.45, 2.75) is 31.7 Å². The molecule has 0 spiro atoms. The van der Waals surface area contributed by atoms with Gasteiger partial charge in [0.15, 0.2) is 0 Å². The summed E-state index contributed by atoms with van der Waals surface area (Å²) in [5, 5.41) is 0. The molecule has 118 valence electrons. The van der Waals surface area contributed by atoms with Crippen LogP contribution in [0.2, 0.25) is 0 Å². The highest BCUT2D eigenvalue weighted by Gasteiger charge is 2.18. The van der Waals surface area contributed by atoms with Crippen LogP contribution in [-0.2, 0) is 23.0 Å². The topological polar surface area (TPSA) is 46.2 Å². The van der Waals surface area contributed by atoms with Crippen LogP contribution in [0.5, 0.6) is 0 Å². The number of benzene rings is 2. The van der Waals surface area contributed by atoms with E-state index in [0.29, 0.717) is 12.0 Å². The minimum atomic E-state index is -3.64. The largest absolute Gasteiger partial charge is 0.241 e. The third-order valence-corrected chi connectivity index (χ3v) is 5.45. The smallest absolute Gasteiger partial charge is 0.207 e. The summed E-state index contributed by atoms with van der Waals surface area (Å²) in [5.74, 6) is -0.377. The molecule has 2 aromatic carbocycles. The van der Waals surface area contributed by atoms with E-state index in [1.54, 1.807) is 24.3 Å². The molecule has 0 aliphatic rings. The van der Waals surface area contributed by atoms with Gasteiger partial charge < -0.3 is 0 Å². The first kappa shape index (κ1) is 17.1. The van der Waals surface area contributed by atoms with Crippen LogP contribution in [0.25, 0.3) is 0 Å². The van der Waals surface area contributed by atoms with Gasteiger partial charge in [0.1, 0.15) is 5.82 Å². The molecule has 0 bridgehead atoms. The zero-order chi connectivity index (χ0) is 16.3. The molecular formula is C16H17BrFNO2S. The number of hydrogen-bond donors (Lipinski definition) is 1. The lowest BCUT2D eigenvalue weighted by atomic mass is 10.1. The van der Waals surface area contributed by atoms with Gasteiger partial charge in [-0.1, -0.05) is 28.9 Å². The maximum atomic E-state index is 13.3. The quantitative estimate of drug-likeness (QED) is 0.846. The van der Waals surface area contributed by atoms with Crippen LogP contribution in [0, 0.1) is 12.7 Å². The van der Waals surface area contributed by atoms with Crippen LogP contribution >= 0.6 is 15.9 Å². The Balaban J connectivity index is 2.27. The van der Waals surface area contributed by atoms with Crippen molar-refractivity contribution in [3.05, 3.63) is 63.4 Å². The van der Waals surface area contributed by atoms with Crippen molar-refractivity contribution < 1.29 is 12.8 Å². The second-order valence-electron chi connectivity index (χ2n) is 5.00. The second kappa shape index (κ2) is 6.89. The fourth-order valence-corrected chi connectivity index (χ4v) is 3.87. The highest BCUT2D eigenvalue weighted by atomic mass is 79.9. The van der Waals surface area contributed by atoms with Crippen molar-refractivity contribution >= 4 is 26.0 Å². The number of hydrogen-bond acceptors (Lipinski definition) is 2. The summed E-state index contributed by atoms with van der Waals surface area (Å²) in [6, 6.07) is 9.40. The fourth-order valence-electron chi connectivity index (χ4n) is 2.17. The first-order valence-corrected chi connectivity index (χ1v) is 9.14. The monoisotopic (exact) mass is 385 g/mol. The first-order chi connectivity index (χ1) is 10.3. The maximum absolute atomic E-state index is 13.3. The average molecular weight is 386 g/mol. The molecule has 0 aromatic heterocycles. The summed E-state index contributed by atoms with van der Waals surface area (Å²) in [7, 11) is -3.64. The highest BCUT2D eigenvalue weighted by Crippen LogP contribution is 2.22. The lowest BCUT2D eigenvalue weighted by molar-refractivity contribution is 0.579. The molecule has 0 fully saturated rings. The molecule has 0 heterocycles. The van der Waals surface area contributed by atoms with E-state index < -0.39 is 10.0 Å². The van der Waals surface area contributed by atoms with Crippen LogP contribution in [-0.4, -0.2) is 8.42 Å². The minimum Gasteiger partial charge on any atom is -0.207 e. The molecule has 1 N–H and O–H groups in total. The van der Waals surface area contributed by atoms with Crippen LogP contribution in [0.4, 0.5) is 4.39 Å². The normalized spacial score (nSPS) is 11.6.